The second-order valence-corrected chi connectivity index (χ2v) is 5.18. The summed E-state index contributed by atoms with van der Waals surface area (Å²) in [4.78, 5) is 14.4. The van der Waals surface area contributed by atoms with Crippen molar-refractivity contribution in [3.05, 3.63) is 35.4 Å². The minimum atomic E-state index is -0.279. The summed E-state index contributed by atoms with van der Waals surface area (Å²) in [5.74, 6) is 0.0520. The van der Waals surface area contributed by atoms with Gasteiger partial charge >= 0.3 is 0 Å². The van der Waals surface area contributed by atoms with E-state index >= 15 is 0 Å². The lowest BCUT2D eigenvalue weighted by molar-refractivity contribution is -0.136. The predicted molar refractivity (Wildman–Crippen MR) is 74.8 cm³/mol. The predicted octanol–water partition coefficient (Wildman–Crippen LogP) is 1.10. The van der Waals surface area contributed by atoms with Crippen LogP contribution in [0.3, 0.4) is 0 Å². The van der Waals surface area contributed by atoms with Crippen molar-refractivity contribution in [1.82, 2.24) is 10.2 Å². The smallest absolute Gasteiger partial charge is 0.244 e. The van der Waals surface area contributed by atoms with E-state index in [4.69, 9.17) is 5.11 Å². The van der Waals surface area contributed by atoms with Crippen LogP contribution >= 0.6 is 0 Å². The molecular formula is C15H22N2O2. The van der Waals surface area contributed by atoms with Crippen molar-refractivity contribution in [2.45, 2.75) is 32.4 Å². The van der Waals surface area contributed by atoms with E-state index in [1.165, 1.54) is 5.56 Å². The molecule has 0 fully saturated rings. The molecule has 0 aromatic heterocycles. The highest BCUT2D eigenvalue weighted by atomic mass is 16.3. The Kier molecular flexibility index (Phi) is 4.56. The first-order valence-corrected chi connectivity index (χ1v) is 6.87. The maximum Gasteiger partial charge on any atom is 0.244 e. The van der Waals surface area contributed by atoms with Gasteiger partial charge in [0.1, 0.15) is 6.04 Å². The lowest BCUT2D eigenvalue weighted by Crippen LogP contribution is -2.47. The molecule has 0 saturated heterocycles. The number of amides is 1. The maximum atomic E-state index is 12.6. The molecule has 0 radical (unpaired) electrons. The number of aliphatic hydroxyl groups is 1. The third-order valence-electron chi connectivity index (χ3n) is 3.60. The molecule has 4 nitrogen and oxygen atoms in total. The number of aliphatic hydroxyl groups excluding tert-OH is 1. The zero-order chi connectivity index (χ0) is 13.8. The van der Waals surface area contributed by atoms with E-state index in [1.54, 1.807) is 4.90 Å². The molecule has 0 saturated carbocycles. The van der Waals surface area contributed by atoms with Crippen molar-refractivity contribution in [2.75, 3.05) is 19.7 Å². The average molecular weight is 262 g/mol. The van der Waals surface area contributed by atoms with Crippen LogP contribution in [0.25, 0.3) is 0 Å². The lowest BCUT2D eigenvalue weighted by Gasteiger charge is -2.33. The molecule has 1 aliphatic rings. The molecule has 1 aromatic rings. The van der Waals surface area contributed by atoms with Crippen molar-refractivity contribution in [3.8, 4) is 0 Å². The lowest BCUT2D eigenvalue weighted by atomic mass is 9.93. The topological polar surface area (TPSA) is 52.6 Å². The van der Waals surface area contributed by atoms with Crippen LogP contribution in [0.2, 0.25) is 0 Å². The van der Waals surface area contributed by atoms with Crippen LogP contribution in [0.15, 0.2) is 24.3 Å². The molecule has 1 atom stereocenters. The molecule has 104 valence electrons. The summed E-state index contributed by atoms with van der Waals surface area (Å²) in [7, 11) is 0. The summed E-state index contributed by atoms with van der Waals surface area (Å²) in [6, 6.07) is 7.90. The highest BCUT2D eigenvalue weighted by Crippen LogP contribution is 2.24. The van der Waals surface area contributed by atoms with E-state index in [2.05, 4.69) is 11.4 Å². The van der Waals surface area contributed by atoms with Crippen molar-refractivity contribution < 1.29 is 9.90 Å². The van der Waals surface area contributed by atoms with Gasteiger partial charge in [-0.3, -0.25) is 4.79 Å². The standard InChI is InChI=1S/C15H22N2O2/c1-11(2)17(9-10-18)15(19)14-13-6-4-3-5-12(13)7-8-16-14/h3-6,11,14,16,18H,7-10H2,1-2H3. The van der Waals surface area contributed by atoms with Crippen LogP contribution in [0, 0.1) is 0 Å². The van der Waals surface area contributed by atoms with E-state index < -0.39 is 0 Å². The molecule has 1 aliphatic heterocycles. The highest BCUT2D eigenvalue weighted by molar-refractivity contribution is 5.84. The Morgan fingerprint density at radius 3 is 2.89 bits per heavy atom. The number of carbonyl (C=O) groups is 1. The summed E-state index contributed by atoms with van der Waals surface area (Å²) >= 11 is 0. The fourth-order valence-electron chi connectivity index (χ4n) is 2.62. The van der Waals surface area contributed by atoms with Gasteiger partial charge in [-0.2, -0.15) is 0 Å². The first kappa shape index (κ1) is 14.0. The Bertz CT molecular complexity index is 446. The van der Waals surface area contributed by atoms with Gasteiger partial charge in [-0.25, -0.2) is 0 Å². The minimum absolute atomic E-state index is 0.00170. The molecule has 2 rings (SSSR count). The molecule has 0 aliphatic carbocycles. The van der Waals surface area contributed by atoms with Gasteiger partial charge in [0, 0.05) is 19.1 Å². The average Bonchev–Trinajstić information content (AvgIpc) is 2.43. The fourth-order valence-corrected chi connectivity index (χ4v) is 2.62. The summed E-state index contributed by atoms with van der Waals surface area (Å²) in [6.45, 7) is 5.15. The number of benzene rings is 1. The summed E-state index contributed by atoms with van der Waals surface area (Å²) in [5, 5.41) is 12.4. The molecule has 1 heterocycles. The molecular weight excluding hydrogens is 240 g/mol. The first-order chi connectivity index (χ1) is 9.15. The van der Waals surface area contributed by atoms with Crippen molar-refractivity contribution in [3.63, 3.8) is 0 Å². The Hall–Kier alpha value is -1.39. The Morgan fingerprint density at radius 2 is 2.21 bits per heavy atom. The van der Waals surface area contributed by atoms with E-state index in [1.807, 2.05) is 32.0 Å². The first-order valence-electron chi connectivity index (χ1n) is 6.87. The SMILES string of the molecule is CC(C)N(CCO)C(=O)C1NCCc2ccccc21. The zero-order valence-corrected chi connectivity index (χ0v) is 11.6. The Morgan fingerprint density at radius 1 is 1.47 bits per heavy atom. The second-order valence-electron chi connectivity index (χ2n) is 5.18. The van der Waals surface area contributed by atoms with Crippen LogP contribution in [-0.4, -0.2) is 41.7 Å². The maximum absolute atomic E-state index is 12.6. The van der Waals surface area contributed by atoms with Crippen LogP contribution in [0.4, 0.5) is 0 Å². The number of carbonyl (C=O) groups excluding carboxylic acids is 1. The van der Waals surface area contributed by atoms with Gasteiger partial charge < -0.3 is 15.3 Å². The Balaban J connectivity index is 2.24. The summed E-state index contributed by atoms with van der Waals surface area (Å²) in [6.07, 6.45) is 0.960. The van der Waals surface area contributed by atoms with Gasteiger partial charge in [-0.1, -0.05) is 24.3 Å². The van der Waals surface area contributed by atoms with Gasteiger partial charge in [-0.15, -0.1) is 0 Å². The molecule has 19 heavy (non-hydrogen) atoms. The van der Waals surface area contributed by atoms with Crippen molar-refractivity contribution >= 4 is 5.91 Å². The Labute approximate surface area is 114 Å². The normalized spacial score (nSPS) is 18.2. The molecule has 2 N–H and O–H groups in total. The molecule has 1 unspecified atom stereocenters. The molecule has 0 spiro atoms. The second kappa shape index (κ2) is 6.17. The number of hydrogen-bond acceptors (Lipinski definition) is 3. The number of fused-ring (bicyclic) bond motifs is 1. The van der Waals surface area contributed by atoms with Crippen LogP contribution in [0.1, 0.15) is 31.0 Å². The zero-order valence-electron chi connectivity index (χ0n) is 11.6. The van der Waals surface area contributed by atoms with Gasteiger partial charge in [-0.05, 0) is 31.4 Å². The van der Waals surface area contributed by atoms with E-state index in [9.17, 15) is 4.79 Å². The molecule has 1 amide bonds. The number of nitrogens with one attached hydrogen (secondary N) is 1. The summed E-state index contributed by atoms with van der Waals surface area (Å²) in [5.41, 5.74) is 2.31. The molecule has 4 heteroatoms. The fraction of sp³-hybridized carbons (Fsp3) is 0.533. The number of nitrogens with zero attached hydrogens (tertiary/aromatic N) is 1. The van der Waals surface area contributed by atoms with Crippen LogP contribution in [0.5, 0.6) is 0 Å². The highest BCUT2D eigenvalue weighted by Gasteiger charge is 2.30. The van der Waals surface area contributed by atoms with Gasteiger partial charge in [0.05, 0.1) is 6.61 Å². The van der Waals surface area contributed by atoms with Gasteiger partial charge in [0.15, 0.2) is 0 Å². The molecule has 1 aromatic carbocycles. The summed E-state index contributed by atoms with van der Waals surface area (Å²) < 4.78 is 0. The third kappa shape index (κ3) is 2.96. The number of hydrogen-bond donors (Lipinski definition) is 2. The van der Waals surface area contributed by atoms with Crippen LogP contribution < -0.4 is 5.32 Å². The molecule has 0 bridgehead atoms. The van der Waals surface area contributed by atoms with Crippen molar-refractivity contribution in [1.29, 1.82) is 0 Å². The van der Waals surface area contributed by atoms with E-state index in [0.717, 1.165) is 18.5 Å². The van der Waals surface area contributed by atoms with Gasteiger partial charge in [0.2, 0.25) is 5.91 Å². The minimum Gasteiger partial charge on any atom is -0.395 e. The monoisotopic (exact) mass is 262 g/mol. The third-order valence-corrected chi connectivity index (χ3v) is 3.60. The van der Waals surface area contributed by atoms with E-state index in [0.29, 0.717) is 6.54 Å². The van der Waals surface area contributed by atoms with Crippen LogP contribution in [-0.2, 0) is 11.2 Å². The largest absolute Gasteiger partial charge is 0.395 e. The quantitative estimate of drug-likeness (QED) is 0.854. The van der Waals surface area contributed by atoms with Crippen molar-refractivity contribution in [2.24, 2.45) is 0 Å². The van der Waals surface area contributed by atoms with E-state index in [-0.39, 0.29) is 24.6 Å². The van der Waals surface area contributed by atoms with Gasteiger partial charge in [0.25, 0.3) is 0 Å². The number of rotatable bonds is 4.